The van der Waals surface area contributed by atoms with E-state index in [1.54, 1.807) is 10.7 Å². The Labute approximate surface area is 280 Å². The number of rotatable bonds is 8. The second-order valence-corrected chi connectivity index (χ2v) is 14.4. The van der Waals surface area contributed by atoms with Crippen LogP contribution in [0.2, 0.25) is 0 Å². The summed E-state index contributed by atoms with van der Waals surface area (Å²) in [6.45, 7) is 4.78. The molecule has 5 aromatic rings. The van der Waals surface area contributed by atoms with Crippen LogP contribution in [-0.2, 0) is 34.8 Å². The van der Waals surface area contributed by atoms with Crippen molar-refractivity contribution in [2.24, 2.45) is 4.36 Å². The van der Waals surface area contributed by atoms with Crippen LogP contribution >= 0.6 is 0 Å². The molecule has 0 fully saturated rings. The number of hydrogen-bond acceptors (Lipinski definition) is 5. The summed E-state index contributed by atoms with van der Waals surface area (Å²) in [6, 6.07) is 29.7. The zero-order valence-corrected chi connectivity index (χ0v) is 27.8. The average molecular weight is 664 g/mol. The molecule has 1 atom stereocenters. The lowest BCUT2D eigenvalue weighted by Gasteiger charge is -2.33. The summed E-state index contributed by atoms with van der Waals surface area (Å²) < 4.78 is 47.1. The fourth-order valence-corrected chi connectivity index (χ4v) is 8.80. The molecule has 0 spiro atoms. The molecule has 0 saturated carbocycles. The molecular weight excluding hydrogens is 626 g/mol. The van der Waals surface area contributed by atoms with Crippen LogP contribution in [0.3, 0.4) is 0 Å². The van der Waals surface area contributed by atoms with Crippen molar-refractivity contribution in [1.82, 2.24) is 14.5 Å². The highest BCUT2D eigenvalue weighted by Gasteiger charge is 2.40. The summed E-state index contributed by atoms with van der Waals surface area (Å²) >= 11 is 0. The number of ether oxygens (including phenoxy) is 1. The van der Waals surface area contributed by atoms with Crippen LogP contribution in [0.5, 0.6) is 5.88 Å². The number of urea groups is 1. The quantitative estimate of drug-likeness (QED) is 0.165. The molecule has 1 aliphatic heterocycles. The predicted octanol–water partition coefficient (Wildman–Crippen LogP) is 7.97. The third-order valence-corrected chi connectivity index (χ3v) is 11.0. The van der Waals surface area contributed by atoms with Crippen LogP contribution in [0.4, 0.5) is 14.9 Å². The van der Waals surface area contributed by atoms with Crippen LogP contribution in [0.15, 0.2) is 113 Å². The summed E-state index contributed by atoms with van der Waals surface area (Å²) in [6.07, 6.45) is 4.53. The molecule has 0 bridgehead atoms. The molecule has 1 aliphatic carbocycles. The normalized spacial score (nSPS) is 15.2. The monoisotopic (exact) mass is 663 g/mol. The summed E-state index contributed by atoms with van der Waals surface area (Å²) in [4.78, 5) is 14.4. The largest absolute Gasteiger partial charge is 0.477 e. The van der Waals surface area contributed by atoms with Crippen molar-refractivity contribution in [3.8, 4) is 5.88 Å². The Morgan fingerprint density at radius 1 is 0.938 bits per heavy atom. The van der Waals surface area contributed by atoms with Gasteiger partial charge in [-0.05, 0) is 59.1 Å². The standard InChI is InChI=1S/C38H38FN5O3S/c1-26(2)34-32(39)24-27-14-12-21-31(27)35(34)41-37(45)42-48(46,33-25-40-44-22-13-23-47-36(33)44)43-38(28-15-6-3-7-16-28,29-17-8-4-9-18-29)30-19-10-5-11-20-30/h3-11,15-20,24-26H,12-14,21-23H2,1-2H3,(H2,41,42,43,45,46). The smallest absolute Gasteiger partial charge is 0.331 e. The Balaban J connectivity index is 1.47. The fourth-order valence-electron chi connectivity index (χ4n) is 6.95. The number of nitrogens with one attached hydrogen (secondary N) is 2. The molecule has 8 nitrogen and oxygen atoms in total. The number of nitrogens with zero attached hydrogens (tertiary/aromatic N) is 3. The van der Waals surface area contributed by atoms with Gasteiger partial charge in [-0.1, -0.05) is 105 Å². The maximum Gasteiger partial charge on any atom is 0.331 e. The second-order valence-electron chi connectivity index (χ2n) is 12.5. The van der Waals surface area contributed by atoms with Crippen molar-refractivity contribution in [1.29, 1.82) is 0 Å². The molecule has 0 saturated heterocycles. The van der Waals surface area contributed by atoms with Crippen LogP contribution < -0.4 is 14.8 Å². The molecule has 48 heavy (non-hydrogen) atoms. The van der Waals surface area contributed by atoms with E-state index in [9.17, 15) is 4.79 Å². The summed E-state index contributed by atoms with van der Waals surface area (Å²) in [7, 11) is -3.88. The number of aromatic nitrogens is 2. The number of fused-ring (bicyclic) bond motifs is 2. The Kier molecular flexibility index (Phi) is 8.51. The van der Waals surface area contributed by atoms with Gasteiger partial charge in [0, 0.05) is 18.5 Å². The van der Waals surface area contributed by atoms with E-state index >= 15 is 8.60 Å². The van der Waals surface area contributed by atoms with Crippen molar-refractivity contribution in [2.45, 2.75) is 62.4 Å². The first-order chi connectivity index (χ1) is 23.3. The molecule has 246 valence electrons. The van der Waals surface area contributed by atoms with Gasteiger partial charge in [-0.2, -0.15) is 9.46 Å². The van der Waals surface area contributed by atoms with Crippen molar-refractivity contribution < 1.29 is 18.1 Å². The molecule has 2 N–H and O–H groups in total. The van der Waals surface area contributed by atoms with Crippen molar-refractivity contribution in [2.75, 3.05) is 11.9 Å². The van der Waals surface area contributed by atoms with Gasteiger partial charge in [0.1, 0.15) is 16.3 Å². The number of amides is 2. The third-order valence-electron chi connectivity index (χ3n) is 9.09. The highest BCUT2D eigenvalue weighted by molar-refractivity contribution is 7.92. The van der Waals surface area contributed by atoms with Gasteiger partial charge in [-0.15, -0.1) is 0 Å². The predicted molar refractivity (Wildman–Crippen MR) is 185 cm³/mol. The van der Waals surface area contributed by atoms with E-state index in [1.165, 1.54) is 6.20 Å². The van der Waals surface area contributed by atoms with Crippen molar-refractivity contribution >= 4 is 21.6 Å². The number of carbonyl (C=O) groups excluding carboxylic acids is 1. The summed E-state index contributed by atoms with van der Waals surface area (Å²) in [5.41, 5.74) is 3.59. The first-order valence-corrected chi connectivity index (χ1v) is 17.9. The van der Waals surface area contributed by atoms with E-state index in [0.29, 0.717) is 36.7 Å². The van der Waals surface area contributed by atoms with E-state index in [1.807, 2.05) is 105 Å². The Morgan fingerprint density at radius 2 is 1.54 bits per heavy atom. The molecule has 2 aliphatic rings. The number of anilines is 1. The van der Waals surface area contributed by atoms with Gasteiger partial charge in [-0.3, -0.25) is 0 Å². The van der Waals surface area contributed by atoms with Crippen LogP contribution in [0.1, 0.15) is 66.0 Å². The van der Waals surface area contributed by atoms with Crippen molar-refractivity contribution in [3.63, 3.8) is 0 Å². The van der Waals surface area contributed by atoms with E-state index < -0.39 is 21.5 Å². The number of aryl methyl sites for hydroxylation is 2. The molecule has 4 aromatic carbocycles. The Hall–Kier alpha value is -4.96. The highest BCUT2D eigenvalue weighted by atomic mass is 32.2. The summed E-state index contributed by atoms with van der Waals surface area (Å²) in [5.74, 6) is -0.257. The first-order valence-electron chi connectivity index (χ1n) is 16.4. The van der Waals surface area contributed by atoms with Crippen molar-refractivity contribution in [3.05, 3.63) is 142 Å². The summed E-state index contributed by atoms with van der Waals surface area (Å²) in [5, 5.41) is 7.43. The molecule has 7 rings (SSSR count). The number of carbonyl (C=O) groups is 1. The van der Waals surface area contributed by atoms with Gasteiger partial charge in [0.05, 0.1) is 18.5 Å². The SMILES string of the molecule is CC(C)c1c(F)cc2c(c1NC(=O)NS(=O)(=NC(c1ccccc1)(c1ccccc1)c1ccccc1)c1cnn3c1OCCC3)CCC2. The lowest BCUT2D eigenvalue weighted by atomic mass is 9.78. The zero-order chi connectivity index (χ0) is 33.3. The van der Waals surface area contributed by atoms with Crippen LogP contribution in [0.25, 0.3) is 0 Å². The van der Waals surface area contributed by atoms with Gasteiger partial charge in [-0.25, -0.2) is 22.8 Å². The van der Waals surface area contributed by atoms with E-state index in [0.717, 1.165) is 47.1 Å². The second kappa shape index (κ2) is 12.9. The number of hydrogen-bond donors (Lipinski definition) is 2. The van der Waals surface area contributed by atoms with Gasteiger partial charge in [0.15, 0.2) is 9.92 Å². The molecule has 10 heteroatoms. The molecule has 1 unspecified atom stereocenters. The minimum Gasteiger partial charge on any atom is -0.477 e. The van der Waals surface area contributed by atoms with Gasteiger partial charge in [0.2, 0.25) is 5.88 Å². The van der Waals surface area contributed by atoms with E-state index in [2.05, 4.69) is 15.1 Å². The van der Waals surface area contributed by atoms with E-state index in [-0.39, 0.29) is 16.6 Å². The minimum atomic E-state index is -3.88. The molecule has 2 heterocycles. The van der Waals surface area contributed by atoms with Gasteiger partial charge >= 0.3 is 6.03 Å². The average Bonchev–Trinajstić information content (AvgIpc) is 3.76. The number of benzene rings is 4. The first kappa shape index (κ1) is 31.6. The fraction of sp³-hybridized carbons (Fsp3) is 0.263. The topological polar surface area (TPSA) is 97.6 Å². The molecule has 1 aromatic heterocycles. The van der Waals surface area contributed by atoms with Gasteiger partial charge in [0.25, 0.3) is 0 Å². The van der Waals surface area contributed by atoms with Crippen LogP contribution in [0, 0.1) is 5.82 Å². The minimum absolute atomic E-state index is 0.165. The Morgan fingerprint density at radius 3 is 2.12 bits per heavy atom. The zero-order valence-electron chi connectivity index (χ0n) is 27.0. The lowest BCUT2D eigenvalue weighted by molar-refractivity contribution is 0.224. The third kappa shape index (κ3) is 5.64. The number of halogens is 1. The molecule has 0 radical (unpaired) electrons. The molecule has 2 amide bonds. The molecular formula is C38H38FN5O3S. The maximum absolute atomic E-state index is 15.8. The highest BCUT2D eigenvalue weighted by Crippen LogP contribution is 2.43. The van der Waals surface area contributed by atoms with Crippen LogP contribution in [-0.4, -0.2) is 26.6 Å². The van der Waals surface area contributed by atoms with Gasteiger partial charge < -0.3 is 10.1 Å². The van der Waals surface area contributed by atoms with E-state index in [4.69, 9.17) is 9.10 Å². The lowest BCUT2D eigenvalue weighted by Crippen LogP contribution is -2.38. The Bertz CT molecular complexity index is 1980. The maximum atomic E-state index is 15.8.